The number of benzene rings is 1. The van der Waals surface area contributed by atoms with E-state index in [2.05, 4.69) is 10.3 Å². The molecule has 1 amide bonds. The van der Waals surface area contributed by atoms with Gasteiger partial charge in [0.15, 0.2) is 5.13 Å². The summed E-state index contributed by atoms with van der Waals surface area (Å²) < 4.78 is 26.4. The zero-order valence-corrected chi connectivity index (χ0v) is 14.0. The lowest BCUT2D eigenvalue weighted by molar-refractivity contribution is -0.380. The topological polar surface area (TPSA) is 85.1 Å². The number of thiazole rings is 1. The van der Waals surface area contributed by atoms with E-state index in [1.807, 2.05) is 0 Å². The summed E-state index contributed by atoms with van der Waals surface area (Å²) in [6, 6.07) is 5.87. The second kappa shape index (κ2) is 7.03. The molecular formula is C15H9F2N3O3S2. The molecule has 0 aliphatic carbocycles. The van der Waals surface area contributed by atoms with E-state index < -0.39 is 22.5 Å². The predicted molar refractivity (Wildman–Crippen MR) is 90.2 cm³/mol. The number of nitrogens with one attached hydrogen (secondary N) is 1. The number of nitro groups is 1. The van der Waals surface area contributed by atoms with E-state index in [0.717, 1.165) is 28.7 Å². The number of carbonyl (C=O) groups is 1. The molecule has 0 radical (unpaired) electrons. The van der Waals surface area contributed by atoms with Crippen LogP contribution in [0.1, 0.15) is 20.1 Å². The third-order valence-corrected chi connectivity index (χ3v) is 5.02. The minimum Gasteiger partial charge on any atom is -0.297 e. The van der Waals surface area contributed by atoms with E-state index in [-0.39, 0.29) is 16.3 Å². The summed E-state index contributed by atoms with van der Waals surface area (Å²) in [4.78, 5) is 27.1. The fraction of sp³-hybridized carbons (Fsp3) is 0.0667. The predicted octanol–water partition coefficient (Wildman–Crippen LogP) is 4.23. The van der Waals surface area contributed by atoms with Gasteiger partial charge in [0.2, 0.25) is 0 Å². The molecule has 0 bridgehead atoms. The molecule has 1 aromatic carbocycles. The highest BCUT2D eigenvalue weighted by molar-refractivity contribution is 7.17. The monoisotopic (exact) mass is 381 g/mol. The Kier molecular flexibility index (Phi) is 4.81. The molecule has 0 unspecified atom stereocenters. The van der Waals surface area contributed by atoms with Crippen molar-refractivity contribution in [3.63, 3.8) is 0 Å². The van der Waals surface area contributed by atoms with Crippen LogP contribution in [0.25, 0.3) is 0 Å². The molecule has 6 nitrogen and oxygen atoms in total. The van der Waals surface area contributed by atoms with Crippen molar-refractivity contribution in [2.45, 2.75) is 6.42 Å². The number of hydrogen-bond acceptors (Lipinski definition) is 6. The van der Waals surface area contributed by atoms with E-state index in [0.29, 0.717) is 15.6 Å². The molecule has 2 heterocycles. The maximum absolute atomic E-state index is 13.2. The molecule has 0 spiro atoms. The number of aromatic nitrogens is 1. The third kappa shape index (κ3) is 4.22. The zero-order chi connectivity index (χ0) is 18.0. The number of nitrogens with zero attached hydrogens (tertiary/aromatic N) is 2. The maximum Gasteiger partial charge on any atom is 0.324 e. The molecule has 0 aliphatic heterocycles. The molecule has 3 rings (SSSR count). The van der Waals surface area contributed by atoms with Gasteiger partial charge in [-0.05, 0) is 23.8 Å². The molecule has 128 valence electrons. The lowest BCUT2D eigenvalue weighted by atomic mass is 10.1. The van der Waals surface area contributed by atoms with Crippen LogP contribution in [0.3, 0.4) is 0 Å². The van der Waals surface area contributed by atoms with Gasteiger partial charge in [0.25, 0.3) is 5.91 Å². The zero-order valence-electron chi connectivity index (χ0n) is 12.4. The van der Waals surface area contributed by atoms with Gasteiger partial charge >= 0.3 is 5.00 Å². The molecule has 0 aliphatic rings. The van der Waals surface area contributed by atoms with Gasteiger partial charge in [-0.2, -0.15) is 0 Å². The second-order valence-corrected chi connectivity index (χ2v) is 7.11. The summed E-state index contributed by atoms with van der Waals surface area (Å²) in [6.07, 6.45) is 1.77. The van der Waals surface area contributed by atoms with Crippen molar-refractivity contribution in [1.82, 2.24) is 4.98 Å². The fourth-order valence-corrected chi connectivity index (χ4v) is 3.63. The lowest BCUT2D eigenvalue weighted by Gasteiger charge is -2.00. The first-order valence-corrected chi connectivity index (χ1v) is 8.49. The largest absolute Gasteiger partial charge is 0.324 e. The maximum atomic E-state index is 13.2. The molecule has 10 heteroatoms. The highest BCUT2D eigenvalue weighted by Gasteiger charge is 2.16. The average Bonchev–Trinajstić information content (AvgIpc) is 3.15. The summed E-state index contributed by atoms with van der Waals surface area (Å²) in [5.41, 5.74) is 0.452. The Labute approximate surface area is 147 Å². The molecule has 0 saturated carbocycles. The van der Waals surface area contributed by atoms with Crippen LogP contribution in [0.2, 0.25) is 0 Å². The van der Waals surface area contributed by atoms with E-state index in [9.17, 15) is 23.7 Å². The standard InChI is InChI=1S/C15H9F2N3O3S2/c16-9-3-8(4-10(17)6-9)5-11-7-18-15(24-11)19-14(21)12-1-2-13(25-12)20(22)23/h1-4,6-7H,5H2,(H,18,19,21). The number of anilines is 1. The normalized spacial score (nSPS) is 10.6. The minimum absolute atomic E-state index is 0.127. The van der Waals surface area contributed by atoms with E-state index in [4.69, 9.17) is 0 Å². The van der Waals surface area contributed by atoms with Crippen LogP contribution in [0, 0.1) is 21.7 Å². The molecule has 2 aromatic heterocycles. The molecule has 0 saturated heterocycles. The van der Waals surface area contributed by atoms with Gasteiger partial charge in [0.05, 0.1) is 9.80 Å². The van der Waals surface area contributed by atoms with Gasteiger partial charge in [-0.3, -0.25) is 20.2 Å². The molecule has 25 heavy (non-hydrogen) atoms. The fourth-order valence-electron chi connectivity index (χ4n) is 2.07. The van der Waals surface area contributed by atoms with Crippen molar-refractivity contribution in [1.29, 1.82) is 0 Å². The van der Waals surface area contributed by atoms with Crippen molar-refractivity contribution >= 4 is 38.7 Å². The number of rotatable bonds is 5. The van der Waals surface area contributed by atoms with Gasteiger partial charge in [0, 0.05) is 29.6 Å². The Hall–Kier alpha value is -2.72. The quantitative estimate of drug-likeness (QED) is 0.529. The Balaban J connectivity index is 1.68. The molecule has 3 aromatic rings. The number of amides is 1. The Morgan fingerprint density at radius 1 is 1.20 bits per heavy atom. The first kappa shape index (κ1) is 17.1. The minimum atomic E-state index is -0.660. The molecule has 0 fully saturated rings. The van der Waals surface area contributed by atoms with Gasteiger partial charge in [-0.25, -0.2) is 13.8 Å². The number of halogens is 2. The Bertz CT molecular complexity index is 935. The SMILES string of the molecule is O=C(Nc1ncc(Cc2cc(F)cc(F)c2)s1)c1ccc([N+](=O)[O-])s1. The molecule has 1 N–H and O–H groups in total. The van der Waals surface area contributed by atoms with E-state index in [1.54, 1.807) is 0 Å². The van der Waals surface area contributed by atoms with Crippen molar-refractivity contribution in [2.24, 2.45) is 0 Å². The third-order valence-electron chi connectivity index (χ3n) is 3.07. The van der Waals surface area contributed by atoms with E-state index >= 15 is 0 Å². The first-order valence-electron chi connectivity index (χ1n) is 6.86. The van der Waals surface area contributed by atoms with Gasteiger partial charge in [-0.15, -0.1) is 11.3 Å². The van der Waals surface area contributed by atoms with Crippen LogP contribution >= 0.6 is 22.7 Å². The van der Waals surface area contributed by atoms with Crippen LogP contribution in [0.4, 0.5) is 18.9 Å². The van der Waals surface area contributed by atoms with Crippen molar-refractivity contribution in [2.75, 3.05) is 5.32 Å². The molecular weight excluding hydrogens is 372 g/mol. The second-order valence-electron chi connectivity index (χ2n) is 4.94. The molecule has 0 atom stereocenters. The highest BCUT2D eigenvalue weighted by atomic mass is 32.1. The number of carbonyl (C=O) groups excluding carboxylic acids is 1. The first-order chi connectivity index (χ1) is 11.9. The van der Waals surface area contributed by atoms with Crippen LogP contribution in [-0.2, 0) is 6.42 Å². The van der Waals surface area contributed by atoms with Crippen LogP contribution in [0.15, 0.2) is 36.5 Å². The van der Waals surface area contributed by atoms with Gasteiger partial charge in [0.1, 0.15) is 11.6 Å². The lowest BCUT2D eigenvalue weighted by Crippen LogP contribution is -2.09. The Morgan fingerprint density at radius 2 is 1.92 bits per heavy atom. The van der Waals surface area contributed by atoms with Gasteiger partial charge < -0.3 is 0 Å². The number of hydrogen-bond donors (Lipinski definition) is 1. The Morgan fingerprint density at radius 3 is 2.56 bits per heavy atom. The summed E-state index contributed by atoms with van der Waals surface area (Å²) in [6.45, 7) is 0. The summed E-state index contributed by atoms with van der Waals surface area (Å²) in [5, 5.41) is 13.4. The van der Waals surface area contributed by atoms with Crippen LogP contribution in [0.5, 0.6) is 0 Å². The highest BCUT2D eigenvalue weighted by Crippen LogP contribution is 2.26. The summed E-state index contributed by atoms with van der Waals surface area (Å²) >= 11 is 1.92. The van der Waals surface area contributed by atoms with E-state index in [1.165, 1.54) is 30.5 Å². The summed E-state index contributed by atoms with van der Waals surface area (Å²) in [7, 11) is 0. The van der Waals surface area contributed by atoms with Crippen molar-refractivity contribution in [3.05, 3.63) is 73.6 Å². The van der Waals surface area contributed by atoms with Crippen molar-refractivity contribution in [3.8, 4) is 0 Å². The van der Waals surface area contributed by atoms with Crippen molar-refractivity contribution < 1.29 is 18.5 Å². The smallest absolute Gasteiger partial charge is 0.297 e. The van der Waals surface area contributed by atoms with Gasteiger partial charge in [-0.1, -0.05) is 11.3 Å². The van der Waals surface area contributed by atoms with Crippen LogP contribution in [-0.4, -0.2) is 15.8 Å². The number of thiophene rings is 1. The average molecular weight is 381 g/mol. The summed E-state index contributed by atoms with van der Waals surface area (Å²) in [5.74, 6) is -1.82. The van der Waals surface area contributed by atoms with Crippen LogP contribution < -0.4 is 5.32 Å².